The first kappa shape index (κ1) is 13.8. The first-order valence-electron chi connectivity index (χ1n) is 6.55. The summed E-state index contributed by atoms with van der Waals surface area (Å²) in [6.45, 7) is 11.1. The van der Waals surface area contributed by atoms with Crippen molar-refractivity contribution in [2.75, 3.05) is 6.61 Å². The van der Waals surface area contributed by atoms with Crippen LogP contribution in [0.5, 0.6) is 5.75 Å². The van der Waals surface area contributed by atoms with Crippen molar-refractivity contribution in [2.24, 2.45) is 5.92 Å². The second-order valence-electron chi connectivity index (χ2n) is 4.92. The molecule has 17 heavy (non-hydrogen) atoms. The fourth-order valence-electron chi connectivity index (χ4n) is 1.68. The van der Waals surface area contributed by atoms with Crippen molar-refractivity contribution in [2.45, 2.75) is 40.0 Å². The normalized spacial score (nSPS) is 10.6. The molecule has 0 spiro atoms. The summed E-state index contributed by atoms with van der Waals surface area (Å²) in [7, 11) is 0. The molecule has 0 aliphatic rings. The van der Waals surface area contributed by atoms with E-state index in [9.17, 15) is 0 Å². The maximum absolute atomic E-state index is 5.78. The van der Waals surface area contributed by atoms with Crippen LogP contribution < -0.4 is 4.74 Å². The molecule has 1 heteroatoms. The van der Waals surface area contributed by atoms with Crippen molar-refractivity contribution >= 4 is 6.08 Å². The standard InChI is InChI=1S/C16H24O/c1-5-7-8-15-9-14(6-2)10-16(11-15)17-12-13(3)4/h6,9-11,13H,2,5,7-8,12H2,1,3-4H3. The third-order valence-electron chi connectivity index (χ3n) is 2.63. The van der Waals surface area contributed by atoms with E-state index in [-0.39, 0.29) is 0 Å². The van der Waals surface area contributed by atoms with Gasteiger partial charge in [-0.25, -0.2) is 0 Å². The summed E-state index contributed by atoms with van der Waals surface area (Å²) in [5.41, 5.74) is 2.50. The third-order valence-corrected chi connectivity index (χ3v) is 2.63. The van der Waals surface area contributed by atoms with Crippen molar-refractivity contribution in [3.05, 3.63) is 35.9 Å². The van der Waals surface area contributed by atoms with Crippen molar-refractivity contribution < 1.29 is 4.74 Å². The Bertz CT molecular complexity index is 353. The van der Waals surface area contributed by atoms with Gasteiger partial charge in [-0.2, -0.15) is 0 Å². The molecule has 1 rings (SSSR count). The molecule has 0 bridgehead atoms. The van der Waals surface area contributed by atoms with Gasteiger partial charge in [0.25, 0.3) is 0 Å². The molecule has 94 valence electrons. The predicted molar refractivity (Wildman–Crippen MR) is 75.5 cm³/mol. The molecular formula is C16H24O. The first-order valence-corrected chi connectivity index (χ1v) is 6.55. The minimum Gasteiger partial charge on any atom is -0.493 e. The van der Waals surface area contributed by atoms with Crippen molar-refractivity contribution in [1.29, 1.82) is 0 Å². The summed E-state index contributed by atoms with van der Waals surface area (Å²) in [6.07, 6.45) is 5.46. The number of hydrogen-bond donors (Lipinski definition) is 0. The average molecular weight is 232 g/mol. The molecular weight excluding hydrogens is 208 g/mol. The van der Waals surface area contributed by atoms with Gasteiger partial charge in [-0.1, -0.05) is 45.9 Å². The Labute approximate surface area is 106 Å². The van der Waals surface area contributed by atoms with Crippen LogP contribution >= 0.6 is 0 Å². The zero-order chi connectivity index (χ0) is 12.7. The van der Waals surface area contributed by atoms with Gasteiger partial charge in [0.1, 0.15) is 5.75 Å². The van der Waals surface area contributed by atoms with Gasteiger partial charge in [0.05, 0.1) is 6.61 Å². The van der Waals surface area contributed by atoms with E-state index in [4.69, 9.17) is 4.74 Å². The highest BCUT2D eigenvalue weighted by Gasteiger charge is 2.02. The second-order valence-corrected chi connectivity index (χ2v) is 4.92. The summed E-state index contributed by atoms with van der Waals surface area (Å²) in [5, 5.41) is 0. The average Bonchev–Trinajstić information content (AvgIpc) is 2.33. The number of unbranched alkanes of at least 4 members (excludes halogenated alkanes) is 1. The van der Waals surface area contributed by atoms with Crippen LogP contribution in [-0.2, 0) is 6.42 Å². The van der Waals surface area contributed by atoms with Gasteiger partial charge in [0.15, 0.2) is 0 Å². The highest BCUT2D eigenvalue weighted by Crippen LogP contribution is 2.20. The Hall–Kier alpha value is -1.24. The van der Waals surface area contributed by atoms with E-state index in [0.29, 0.717) is 5.92 Å². The van der Waals surface area contributed by atoms with Crippen molar-refractivity contribution in [3.8, 4) is 5.75 Å². The fraction of sp³-hybridized carbons (Fsp3) is 0.500. The van der Waals surface area contributed by atoms with Crippen LogP contribution in [0.2, 0.25) is 0 Å². The molecule has 0 saturated carbocycles. The lowest BCUT2D eigenvalue weighted by Gasteiger charge is -2.11. The third kappa shape index (κ3) is 5.08. The first-order chi connectivity index (χ1) is 8.15. The van der Waals surface area contributed by atoms with Gasteiger partial charge in [-0.15, -0.1) is 0 Å². The Kier molecular flexibility index (Phi) is 5.82. The van der Waals surface area contributed by atoms with Crippen LogP contribution in [0.15, 0.2) is 24.8 Å². The van der Waals surface area contributed by atoms with Crippen LogP contribution in [0, 0.1) is 5.92 Å². The Morgan fingerprint density at radius 2 is 2.06 bits per heavy atom. The van der Waals surface area contributed by atoms with E-state index in [1.165, 1.54) is 18.4 Å². The molecule has 1 aromatic carbocycles. The van der Waals surface area contributed by atoms with Crippen LogP contribution in [0.1, 0.15) is 44.7 Å². The smallest absolute Gasteiger partial charge is 0.120 e. The van der Waals surface area contributed by atoms with Crippen LogP contribution in [0.4, 0.5) is 0 Å². The second kappa shape index (κ2) is 7.16. The number of hydrogen-bond acceptors (Lipinski definition) is 1. The van der Waals surface area contributed by atoms with E-state index in [1.54, 1.807) is 0 Å². The summed E-state index contributed by atoms with van der Waals surface area (Å²) >= 11 is 0. The minimum atomic E-state index is 0.557. The number of rotatable bonds is 7. The molecule has 0 fully saturated rings. The summed E-state index contributed by atoms with van der Waals surface area (Å²) in [4.78, 5) is 0. The summed E-state index contributed by atoms with van der Waals surface area (Å²) < 4.78 is 5.78. The van der Waals surface area contributed by atoms with Crippen LogP contribution in [0.3, 0.4) is 0 Å². The summed E-state index contributed by atoms with van der Waals surface area (Å²) in [5.74, 6) is 1.53. The van der Waals surface area contributed by atoms with Crippen LogP contribution in [0.25, 0.3) is 6.08 Å². The zero-order valence-electron chi connectivity index (χ0n) is 11.3. The van der Waals surface area contributed by atoms with E-state index < -0.39 is 0 Å². The van der Waals surface area contributed by atoms with E-state index >= 15 is 0 Å². The van der Waals surface area contributed by atoms with Gasteiger partial charge in [-0.05, 0) is 42.0 Å². The molecule has 0 N–H and O–H groups in total. The largest absolute Gasteiger partial charge is 0.493 e. The highest BCUT2D eigenvalue weighted by atomic mass is 16.5. The topological polar surface area (TPSA) is 9.23 Å². The number of aryl methyl sites for hydroxylation is 1. The molecule has 0 heterocycles. The minimum absolute atomic E-state index is 0.557. The molecule has 0 atom stereocenters. The molecule has 1 aromatic rings. The molecule has 0 saturated heterocycles. The lowest BCUT2D eigenvalue weighted by atomic mass is 10.0. The Balaban J connectivity index is 2.77. The van der Waals surface area contributed by atoms with Crippen molar-refractivity contribution in [3.63, 3.8) is 0 Å². The van der Waals surface area contributed by atoms with Gasteiger partial charge in [0, 0.05) is 0 Å². The number of ether oxygens (including phenoxy) is 1. The molecule has 0 aromatic heterocycles. The monoisotopic (exact) mass is 232 g/mol. The predicted octanol–water partition coefficient (Wildman–Crippen LogP) is 4.71. The number of benzene rings is 1. The van der Waals surface area contributed by atoms with Crippen LogP contribution in [-0.4, -0.2) is 6.61 Å². The molecule has 0 amide bonds. The van der Waals surface area contributed by atoms with Gasteiger partial charge in [-0.3, -0.25) is 0 Å². The molecule has 0 aliphatic heterocycles. The molecule has 0 radical (unpaired) electrons. The summed E-state index contributed by atoms with van der Waals surface area (Å²) in [6, 6.07) is 6.42. The van der Waals surface area contributed by atoms with E-state index in [1.807, 2.05) is 6.08 Å². The molecule has 0 unspecified atom stereocenters. The quantitative estimate of drug-likeness (QED) is 0.661. The molecule has 1 nitrogen and oxygen atoms in total. The van der Waals surface area contributed by atoms with Gasteiger partial charge >= 0.3 is 0 Å². The SMILES string of the molecule is C=Cc1cc(CCCC)cc(OCC(C)C)c1. The molecule has 0 aliphatic carbocycles. The Morgan fingerprint density at radius 3 is 2.65 bits per heavy atom. The van der Waals surface area contributed by atoms with E-state index in [0.717, 1.165) is 24.3 Å². The van der Waals surface area contributed by atoms with Gasteiger partial charge < -0.3 is 4.74 Å². The Morgan fingerprint density at radius 1 is 1.29 bits per heavy atom. The lowest BCUT2D eigenvalue weighted by Crippen LogP contribution is -2.05. The maximum Gasteiger partial charge on any atom is 0.120 e. The van der Waals surface area contributed by atoms with E-state index in [2.05, 4.69) is 45.5 Å². The van der Waals surface area contributed by atoms with Gasteiger partial charge in [0.2, 0.25) is 0 Å². The maximum atomic E-state index is 5.78. The lowest BCUT2D eigenvalue weighted by molar-refractivity contribution is 0.271. The highest BCUT2D eigenvalue weighted by molar-refractivity contribution is 5.51. The fourth-order valence-corrected chi connectivity index (χ4v) is 1.68. The van der Waals surface area contributed by atoms with Crippen molar-refractivity contribution in [1.82, 2.24) is 0 Å². The zero-order valence-corrected chi connectivity index (χ0v) is 11.3.